The minimum atomic E-state index is -0.852. The van der Waals surface area contributed by atoms with Gasteiger partial charge in [0.15, 0.2) is 0 Å². The number of nitro benzene ring substituents is 1. The second-order valence-corrected chi connectivity index (χ2v) is 5.33. The lowest BCUT2D eigenvalue weighted by Crippen LogP contribution is -2.25. The summed E-state index contributed by atoms with van der Waals surface area (Å²) in [4.78, 5) is 33.3. The Kier molecular flexibility index (Phi) is 7.97. The molecule has 1 aromatic rings. The molecular formula is C15H19ClN2O6. The summed E-state index contributed by atoms with van der Waals surface area (Å²) < 4.78 is 4.79. The van der Waals surface area contributed by atoms with Crippen molar-refractivity contribution in [1.82, 2.24) is 5.32 Å². The van der Waals surface area contributed by atoms with Crippen LogP contribution in [0.4, 0.5) is 5.69 Å². The highest BCUT2D eigenvalue weighted by molar-refractivity contribution is 6.32. The van der Waals surface area contributed by atoms with E-state index in [9.17, 15) is 24.8 Å². The van der Waals surface area contributed by atoms with E-state index in [0.717, 1.165) is 0 Å². The number of amides is 1. The molecule has 0 aliphatic carbocycles. The first kappa shape index (κ1) is 19.7. The monoisotopic (exact) mass is 358 g/mol. The van der Waals surface area contributed by atoms with E-state index < -0.39 is 22.3 Å². The summed E-state index contributed by atoms with van der Waals surface area (Å²) in [5, 5.41) is 23.0. The van der Waals surface area contributed by atoms with Crippen molar-refractivity contribution < 1.29 is 24.4 Å². The Morgan fingerprint density at radius 1 is 1.33 bits per heavy atom. The number of nitro groups is 1. The third-order valence-electron chi connectivity index (χ3n) is 3.18. The van der Waals surface area contributed by atoms with Crippen molar-refractivity contribution in [2.24, 2.45) is 0 Å². The summed E-state index contributed by atoms with van der Waals surface area (Å²) in [7, 11) is 0. The fraction of sp³-hybridized carbons (Fsp3) is 0.467. The first-order valence-corrected chi connectivity index (χ1v) is 7.86. The molecule has 1 amide bonds. The van der Waals surface area contributed by atoms with Crippen LogP contribution in [0.25, 0.3) is 0 Å². The molecule has 1 aromatic carbocycles. The number of nitrogens with one attached hydrogen (secondary N) is 1. The van der Waals surface area contributed by atoms with E-state index >= 15 is 0 Å². The van der Waals surface area contributed by atoms with Crippen LogP contribution >= 0.6 is 11.6 Å². The average Bonchev–Trinajstić information content (AvgIpc) is 2.52. The van der Waals surface area contributed by atoms with E-state index in [-0.39, 0.29) is 16.6 Å². The molecule has 0 spiro atoms. The van der Waals surface area contributed by atoms with E-state index in [2.05, 4.69) is 5.32 Å². The summed E-state index contributed by atoms with van der Waals surface area (Å²) in [6.45, 7) is 2.38. The average molecular weight is 359 g/mol. The fourth-order valence-electron chi connectivity index (χ4n) is 2.02. The highest BCUT2D eigenvalue weighted by atomic mass is 35.5. The SMILES string of the molecule is CCOC(=O)CCCCCNC(=O)c1ccc(Cl)c(O)c1[N+](=O)[O-]. The van der Waals surface area contributed by atoms with Gasteiger partial charge in [-0.15, -0.1) is 0 Å². The number of phenolic OH excluding ortho intramolecular Hbond substituents is 1. The number of carbonyl (C=O) groups excluding carboxylic acids is 2. The second-order valence-electron chi connectivity index (χ2n) is 4.92. The van der Waals surface area contributed by atoms with Gasteiger partial charge in [0.25, 0.3) is 5.91 Å². The van der Waals surface area contributed by atoms with E-state index in [4.69, 9.17) is 16.3 Å². The molecule has 2 N–H and O–H groups in total. The second kappa shape index (κ2) is 9.71. The van der Waals surface area contributed by atoms with Crippen LogP contribution in [0.1, 0.15) is 43.0 Å². The molecule has 24 heavy (non-hydrogen) atoms. The smallest absolute Gasteiger partial charge is 0.324 e. The predicted molar refractivity (Wildman–Crippen MR) is 87.2 cm³/mol. The molecule has 0 heterocycles. The molecule has 132 valence electrons. The zero-order valence-electron chi connectivity index (χ0n) is 13.2. The van der Waals surface area contributed by atoms with E-state index in [1.807, 2.05) is 0 Å². The van der Waals surface area contributed by atoms with Crippen LogP contribution in [0, 0.1) is 10.1 Å². The molecule has 0 saturated carbocycles. The van der Waals surface area contributed by atoms with Crippen LogP contribution in [0.3, 0.4) is 0 Å². The Balaban J connectivity index is 2.48. The Morgan fingerprint density at radius 2 is 2.04 bits per heavy atom. The van der Waals surface area contributed by atoms with Crippen LogP contribution in [-0.4, -0.2) is 35.1 Å². The van der Waals surface area contributed by atoms with Crippen LogP contribution < -0.4 is 5.32 Å². The van der Waals surface area contributed by atoms with Gasteiger partial charge < -0.3 is 15.2 Å². The molecule has 0 saturated heterocycles. The van der Waals surface area contributed by atoms with Crippen molar-refractivity contribution in [3.8, 4) is 5.75 Å². The number of benzene rings is 1. The molecule has 0 atom stereocenters. The number of carbonyl (C=O) groups is 2. The Bertz CT molecular complexity index is 620. The first-order chi connectivity index (χ1) is 11.4. The lowest BCUT2D eigenvalue weighted by atomic mass is 10.1. The maximum Gasteiger partial charge on any atom is 0.324 e. The van der Waals surface area contributed by atoms with E-state index in [1.165, 1.54) is 12.1 Å². The van der Waals surface area contributed by atoms with Crippen LogP contribution in [0.15, 0.2) is 12.1 Å². The number of phenols is 1. The van der Waals surface area contributed by atoms with Gasteiger partial charge in [0, 0.05) is 13.0 Å². The van der Waals surface area contributed by atoms with Gasteiger partial charge in [-0.2, -0.15) is 0 Å². The molecule has 0 bridgehead atoms. The largest absolute Gasteiger partial charge is 0.501 e. The molecule has 0 aromatic heterocycles. The van der Waals surface area contributed by atoms with Gasteiger partial charge in [0.05, 0.1) is 16.6 Å². The highest BCUT2D eigenvalue weighted by Gasteiger charge is 2.26. The number of esters is 1. The summed E-state index contributed by atoms with van der Waals surface area (Å²) >= 11 is 5.62. The number of rotatable bonds is 9. The lowest BCUT2D eigenvalue weighted by Gasteiger charge is -2.07. The maximum absolute atomic E-state index is 12.0. The van der Waals surface area contributed by atoms with Crippen LogP contribution in [-0.2, 0) is 9.53 Å². The number of halogens is 1. The molecule has 1 rings (SSSR count). The van der Waals surface area contributed by atoms with Gasteiger partial charge in [0.2, 0.25) is 5.75 Å². The summed E-state index contributed by atoms with van der Waals surface area (Å²) in [6.07, 6.45) is 2.26. The van der Waals surface area contributed by atoms with Crippen molar-refractivity contribution in [1.29, 1.82) is 0 Å². The molecule has 0 aliphatic heterocycles. The van der Waals surface area contributed by atoms with Gasteiger partial charge >= 0.3 is 11.7 Å². The minimum Gasteiger partial charge on any atom is -0.501 e. The number of hydrogen-bond donors (Lipinski definition) is 2. The van der Waals surface area contributed by atoms with E-state index in [1.54, 1.807) is 6.92 Å². The molecule has 8 nitrogen and oxygen atoms in total. The zero-order valence-corrected chi connectivity index (χ0v) is 14.0. The number of unbranched alkanes of at least 4 members (excludes halogenated alkanes) is 2. The van der Waals surface area contributed by atoms with Gasteiger partial charge in [-0.05, 0) is 31.9 Å². The lowest BCUT2D eigenvalue weighted by molar-refractivity contribution is -0.386. The minimum absolute atomic E-state index is 0.197. The third kappa shape index (κ3) is 5.69. The summed E-state index contributed by atoms with van der Waals surface area (Å²) in [5.74, 6) is -1.66. The van der Waals surface area contributed by atoms with Crippen molar-refractivity contribution >= 4 is 29.2 Å². The standard InChI is InChI=1S/C15H19ClN2O6/c1-2-24-12(19)6-4-3-5-9-17-15(21)10-7-8-11(16)14(20)13(10)18(22)23/h7-8,20H,2-6,9H2,1H3,(H,17,21). The Labute approximate surface area is 143 Å². The van der Waals surface area contributed by atoms with Crippen LogP contribution in [0.2, 0.25) is 5.02 Å². The normalized spacial score (nSPS) is 10.2. The van der Waals surface area contributed by atoms with Gasteiger partial charge in [-0.3, -0.25) is 19.7 Å². The topological polar surface area (TPSA) is 119 Å². The van der Waals surface area contributed by atoms with Gasteiger partial charge in [-0.25, -0.2) is 0 Å². The van der Waals surface area contributed by atoms with E-state index in [0.29, 0.717) is 38.8 Å². The van der Waals surface area contributed by atoms with Gasteiger partial charge in [-0.1, -0.05) is 18.0 Å². The van der Waals surface area contributed by atoms with Gasteiger partial charge in [0.1, 0.15) is 5.56 Å². The predicted octanol–water partition coefficient (Wildman–Crippen LogP) is 2.81. The zero-order chi connectivity index (χ0) is 18.1. The molecular weight excluding hydrogens is 340 g/mol. The molecule has 0 unspecified atom stereocenters. The maximum atomic E-state index is 12.0. The van der Waals surface area contributed by atoms with Crippen molar-refractivity contribution in [3.63, 3.8) is 0 Å². The number of nitrogens with zero attached hydrogens (tertiary/aromatic N) is 1. The number of aromatic hydroxyl groups is 1. The quantitative estimate of drug-likeness (QED) is 0.303. The molecule has 9 heteroatoms. The van der Waals surface area contributed by atoms with Crippen molar-refractivity contribution in [2.75, 3.05) is 13.2 Å². The summed E-state index contributed by atoms with van der Waals surface area (Å²) in [6, 6.07) is 2.41. The fourth-order valence-corrected chi connectivity index (χ4v) is 2.18. The highest BCUT2D eigenvalue weighted by Crippen LogP contribution is 2.36. The molecule has 0 aliphatic rings. The molecule has 0 radical (unpaired) electrons. The van der Waals surface area contributed by atoms with Crippen molar-refractivity contribution in [2.45, 2.75) is 32.6 Å². The first-order valence-electron chi connectivity index (χ1n) is 7.48. The van der Waals surface area contributed by atoms with Crippen LogP contribution in [0.5, 0.6) is 5.75 Å². The summed E-state index contributed by atoms with van der Waals surface area (Å²) in [5.41, 5.74) is -0.976. The number of hydrogen-bond acceptors (Lipinski definition) is 6. The Morgan fingerprint density at radius 3 is 2.67 bits per heavy atom. The van der Waals surface area contributed by atoms with Crippen molar-refractivity contribution in [3.05, 3.63) is 32.8 Å². The third-order valence-corrected chi connectivity index (χ3v) is 3.48. The number of ether oxygens (including phenoxy) is 1. The Hall–Kier alpha value is -2.35. The molecule has 0 fully saturated rings.